The van der Waals surface area contributed by atoms with Gasteiger partial charge in [-0.1, -0.05) is 12.1 Å². The van der Waals surface area contributed by atoms with Crippen molar-refractivity contribution in [2.75, 3.05) is 13.1 Å². The number of aliphatic carboxylic acids is 1. The van der Waals surface area contributed by atoms with Crippen LogP contribution >= 0.6 is 0 Å². The Labute approximate surface area is 110 Å². The van der Waals surface area contributed by atoms with E-state index in [0.29, 0.717) is 0 Å². The van der Waals surface area contributed by atoms with Crippen LogP contribution in [0.1, 0.15) is 23.7 Å². The van der Waals surface area contributed by atoms with Crippen LogP contribution in [0.3, 0.4) is 0 Å². The summed E-state index contributed by atoms with van der Waals surface area (Å²) in [4.78, 5) is 23.8. The van der Waals surface area contributed by atoms with Gasteiger partial charge in [0.2, 0.25) is 0 Å². The van der Waals surface area contributed by atoms with Crippen LogP contribution in [0, 0.1) is 5.82 Å². The number of carboxylic acid groups (broad SMARTS) is 1. The molecule has 1 unspecified atom stereocenters. The maximum atomic E-state index is 13.5. The fraction of sp³-hybridized carbons (Fsp3) is 0.385. The van der Waals surface area contributed by atoms with E-state index < -0.39 is 23.8 Å². The molecule has 0 aliphatic carbocycles. The third-order valence-electron chi connectivity index (χ3n) is 2.47. The molecule has 0 heterocycles. The summed E-state index contributed by atoms with van der Waals surface area (Å²) in [6.45, 7) is 1.36. The van der Waals surface area contributed by atoms with E-state index in [9.17, 15) is 19.1 Å². The third-order valence-corrected chi connectivity index (χ3v) is 2.47. The first-order chi connectivity index (χ1) is 8.91. The van der Waals surface area contributed by atoms with E-state index >= 15 is 0 Å². The van der Waals surface area contributed by atoms with Crippen molar-refractivity contribution in [1.29, 1.82) is 0 Å². The van der Waals surface area contributed by atoms with Crippen molar-refractivity contribution in [1.82, 2.24) is 4.90 Å². The highest BCUT2D eigenvalue weighted by molar-refractivity contribution is 5.94. The maximum Gasteiger partial charge on any atom is 0.305 e. The van der Waals surface area contributed by atoms with Crippen molar-refractivity contribution in [3.05, 3.63) is 35.6 Å². The lowest BCUT2D eigenvalue weighted by Crippen LogP contribution is -2.38. The quantitative estimate of drug-likeness (QED) is 0.811. The lowest BCUT2D eigenvalue weighted by atomic mass is 10.1. The molecule has 0 aliphatic heterocycles. The number of carbonyl (C=O) groups excluding carboxylic acids is 1. The second-order valence-electron chi connectivity index (χ2n) is 4.22. The molecule has 0 aromatic heterocycles. The summed E-state index contributed by atoms with van der Waals surface area (Å²) in [5, 5.41) is 17.9. The molecular weight excluding hydrogens is 253 g/mol. The average Bonchev–Trinajstić information content (AvgIpc) is 2.33. The molecule has 1 aromatic rings. The van der Waals surface area contributed by atoms with E-state index in [-0.39, 0.29) is 25.1 Å². The monoisotopic (exact) mass is 269 g/mol. The van der Waals surface area contributed by atoms with E-state index in [1.807, 2.05) is 0 Å². The fourth-order valence-electron chi connectivity index (χ4n) is 1.63. The Hall–Kier alpha value is -1.95. The van der Waals surface area contributed by atoms with Gasteiger partial charge in [-0.05, 0) is 19.1 Å². The molecule has 1 rings (SSSR count). The van der Waals surface area contributed by atoms with Crippen LogP contribution < -0.4 is 0 Å². The highest BCUT2D eigenvalue weighted by Gasteiger charge is 2.20. The largest absolute Gasteiger partial charge is 0.481 e. The Kier molecular flexibility index (Phi) is 5.44. The van der Waals surface area contributed by atoms with Crippen molar-refractivity contribution in [3.63, 3.8) is 0 Å². The van der Waals surface area contributed by atoms with Gasteiger partial charge in [0, 0.05) is 13.1 Å². The number of carbonyl (C=O) groups is 2. The Bertz CT molecular complexity index is 462. The number of rotatable bonds is 6. The minimum atomic E-state index is -1.06. The molecular formula is C13H16FNO4. The van der Waals surface area contributed by atoms with Crippen molar-refractivity contribution < 1.29 is 24.2 Å². The predicted molar refractivity (Wildman–Crippen MR) is 66.2 cm³/mol. The van der Waals surface area contributed by atoms with Crippen LogP contribution in [-0.2, 0) is 4.79 Å². The molecule has 104 valence electrons. The molecule has 0 fully saturated rings. The summed E-state index contributed by atoms with van der Waals surface area (Å²) in [6, 6.07) is 5.47. The normalized spacial score (nSPS) is 11.9. The van der Waals surface area contributed by atoms with Gasteiger partial charge >= 0.3 is 5.97 Å². The standard InChI is InChI=1S/C13H16FNO4/c1-9(16)8-15(7-6-12(17)18)13(19)10-4-2-3-5-11(10)14/h2-5,9,16H,6-8H2,1H3,(H,17,18). The summed E-state index contributed by atoms with van der Waals surface area (Å²) in [6.07, 6.45) is -1.07. The minimum Gasteiger partial charge on any atom is -0.481 e. The molecule has 0 saturated heterocycles. The van der Waals surface area contributed by atoms with Crippen molar-refractivity contribution >= 4 is 11.9 Å². The number of hydrogen-bond acceptors (Lipinski definition) is 3. The highest BCUT2D eigenvalue weighted by Crippen LogP contribution is 2.11. The summed E-state index contributed by atoms with van der Waals surface area (Å²) in [7, 11) is 0. The van der Waals surface area contributed by atoms with E-state index in [4.69, 9.17) is 5.11 Å². The van der Waals surface area contributed by atoms with Gasteiger partial charge in [-0.15, -0.1) is 0 Å². The van der Waals surface area contributed by atoms with E-state index in [0.717, 1.165) is 11.0 Å². The van der Waals surface area contributed by atoms with Gasteiger partial charge in [-0.25, -0.2) is 4.39 Å². The third kappa shape index (κ3) is 4.67. The molecule has 0 saturated carbocycles. The lowest BCUT2D eigenvalue weighted by molar-refractivity contribution is -0.137. The van der Waals surface area contributed by atoms with Crippen LogP contribution in [0.5, 0.6) is 0 Å². The van der Waals surface area contributed by atoms with Crippen LogP contribution in [0.4, 0.5) is 4.39 Å². The summed E-state index contributed by atoms with van der Waals surface area (Å²) < 4.78 is 13.5. The molecule has 5 nitrogen and oxygen atoms in total. The van der Waals surface area contributed by atoms with E-state index in [1.54, 1.807) is 0 Å². The fourth-order valence-corrected chi connectivity index (χ4v) is 1.63. The Morgan fingerprint density at radius 2 is 2.00 bits per heavy atom. The average molecular weight is 269 g/mol. The molecule has 0 spiro atoms. The molecule has 2 N–H and O–H groups in total. The van der Waals surface area contributed by atoms with E-state index in [1.165, 1.54) is 25.1 Å². The Morgan fingerprint density at radius 1 is 1.37 bits per heavy atom. The number of carboxylic acids is 1. The van der Waals surface area contributed by atoms with E-state index in [2.05, 4.69) is 0 Å². The summed E-state index contributed by atoms with van der Waals surface area (Å²) in [5.41, 5.74) is -0.131. The SMILES string of the molecule is CC(O)CN(CCC(=O)O)C(=O)c1ccccc1F. The number of nitrogens with zero attached hydrogens (tertiary/aromatic N) is 1. The van der Waals surface area contributed by atoms with Gasteiger partial charge in [0.1, 0.15) is 5.82 Å². The van der Waals surface area contributed by atoms with Crippen LogP contribution in [0.2, 0.25) is 0 Å². The molecule has 1 atom stereocenters. The molecule has 1 amide bonds. The second kappa shape index (κ2) is 6.84. The number of amides is 1. The van der Waals surface area contributed by atoms with Crippen LogP contribution in [-0.4, -0.2) is 46.2 Å². The Balaban J connectivity index is 2.87. The van der Waals surface area contributed by atoms with Gasteiger partial charge < -0.3 is 15.1 Å². The van der Waals surface area contributed by atoms with Crippen molar-refractivity contribution in [2.45, 2.75) is 19.4 Å². The molecule has 0 radical (unpaired) electrons. The van der Waals surface area contributed by atoms with Crippen molar-refractivity contribution in [2.24, 2.45) is 0 Å². The number of halogens is 1. The van der Waals surface area contributed by atoms with Gasteiger partial charge in [0.15, 0.2) is 0 Å². The van der Waals surface area contributed by atoms with Crippen LogP contribution in [0.25, 0.3) is 0 Å². The second-order valence-corrected chi connectivity index (χ2v) is 4.22. The first kappa shape index (κ1) is 15.1. The zero-order valence-corrected chi connectivity index (χ0v) is 10.5. The molecule has 6 heteroatoms. The molecule has 19 heavy (non-hydrogen) atoms. The number of aliphatic hydroxyl groups is 1. The zero-order chi connectivity index (χ0) is 14.4. The zero-order valence-electron chi connectivity index (χ0n) is 10.5. The van der Waals surface area contributed by atoms with Crippen molar-refractivity contribution in [3.8, 4) is 0 Å². The summed E-state index contributed by atoms with van der Waals surface area (Å²) >= 11 is 0. The Morgan fingerprint density at radius 3 is 2.53 bits per heavy atom. The minimum absolute atomic E-state index is 0.0412. The first-order valence-electron chi connectivity index (χ1n) is 5.85. The molecule has 0 bridgehead atoms. The van der Waals surface area contributed by atoms with Gasteiger partial charge in [0.05, 0.1) is 18.1 Å². The highest BCUT2D eigenvalue weighted by atomic mass is 19.1. The van der Waals surface area contributed by atoms with Crippen LogP contribution in [0.15, 0.2) is 24.3 Å². The van der Waals surface area contributed by atoms with Gasteiger partial charge in [-0.2, -0.15) is 0 Å². The lowest BCUT2D eigenvalue weighted by Gasteiger charge is -2.23. The molecule has 1 aromatic carbocycles. The maximum absolute atomic E-state index is 13.5. The van der Waals surface area contributed by atoms with Gasteiger partial charge in [-0.3, -0.25) is 9.59 Å². The topological polar surface area (TPSA) is 77.8 Å². The number of aliphatic hydroxyl groups excluding tert-OH is 1. The predicted octanol–water partition coefficient (Wildman–Crippen LogP) is 1.12. The summed E-state index contributed by atoms with van der Waals surface area (Å²) in [5.74, 6) is -2.35. The molecule has 0 aliphatic rings. The smallest absolute Gasteiger partial charge is 0.305 e. The number of benzene rings is 1. The van der Waals surface area contributed by atoms with Gasteiger partial charge in [0.25, 0.3) is 5.91 Å². The first-order valence-corrected chi connectivity index (χ1v) is 5.85. The number of hydrogen-bond donors (Lipinski definition) is 2.